The molecule has 0 aliphatic carbocycles. The van der Waals surface area contributed by atoms with E-state index in [4.69, 9.17) is 0 Å². The van der Waals surface area contributed by atoms with Crippen LogP contribution in [0.1, 0.15) is 31.1 Å². The van der Waals surface area contributed by atoms with Crippen molar-refractivity contribution in [2.75, 3.05) is 23.7 Å². The SMILES string of the molecule is CN(c1ccc(C(=O)NCCSC(C)(C)C)cc1)S(=O)(=O)c1cccs1. The molecule has 0 radical (unpaired) electrons. The number of rotatable bonds is 7. The molecule has 1 amide bonds. The number of amides is 1. The summed E-state index contributed by atoms with van der Waals surface area (Å²) in [5.74, 6) is 0.685. The van der Waals surface area contributed by atoms with E-state index in [2.05, 4.69) is 26.1 Å². The third-order valence-corrected chi connectivity index (χ3v) is 7.96. The van der Waals surface area contributed by atoms with Crippen molar-refractivity contribution in [3.63, 3.8) is 0 Å². The Morgan fingerprint density at radius 2 is 1.85 bits per heavy atom. The third kappa shape index (κ3) is 5.49. The number of nitrogens with zero attached hydrogens (tertiary/aromatic N) is 1. The lowest BCUT2D eigenvalue weighted by atomic mass is 10.2. The van der Waals surface area contributed by atoms with Crippen LogP contribution in [0.3, 0.4) is 0 Å². The van der Waals surface area contributed by atoms with E-state index in [1.807, 2.05) is 0 Å². The number of thioether (sulfide) groups is 1. The Labute approximate surface area is 163 Å². The highest BCUT2D eigenvalue weighted by atomic mass is 32.2. The van der Waals surface area contributed by atoms with Crippen molar-refractivity contribution in [2.24, 2.45) is 0 Å². The first-order chi connectivity index (χ1) is 12.1. The van der Waals surface area contributed by atoms with Gasteiger partial charge in [-0.15, -0.1) is 11.3 Å². The summed E-state index contributed by atoms with van der Waals surface area (Å²) in [6, 6.07) is 9.85. The van der Waals surface area contributed by atoms with Gasteiger partial charge in [-0.2, -0.15) is 11.8 Å². The molecule has 26 heavy (non-hydrogen) atoms. The minimum Gasteiger partial charge on any atom is -0.351 e. The number of anilines is 1. The van der Waals surface area contributed by atoms with Gasteiger partial charge in [-0.3, -0.25) is 9.10 Å². The predicted octanol–water partition coefficient (Wildman–Crippen LogP) is 3.83. The maximum absolute atomic E-state index is 12.5. The molecule has 0 aliphatic rings. The molecular formula is C18H24N2O3S3. The van der Waals surface area contributed by atoms with Crippen LogP contribution in [0.5, 0.6) is 0 Å². The molecule has 0 spiro atoms. The summed E-state index contributed by atoms with van der Waals surface area (Å²) in [4.78, 5) is 12.2. The number of hydrogen-bond acceptors (Lipinski definition) is 5. The van der Waals surface area contributed by atoms with Gasteiger partial charge in [-0.25, -0.2) is 8.42 Å². The predicted molar refractivity (Wildman–Crippen MR) is 111 cm³/mol. The number of nitrogens with one attached hydrogen (secondary N) is 1. The molecule has 1 N–H and O–H groups in total. The molecule has 5 nitrogen and oxygen atoms in total. The Hall–Kier alpha value is -1.51. The highest BCUT2D eigenvalue weighted by molar-refractivity contribution is 8.00. The maximum Gasteiger partial charge on any atom is 0.273 e. The smallest absolute Gasteiger partial charge is 0.273 e. The zero-order valence-corrected chi connectivity index (χ0v) is 17.8. The Morgan fingerprint density at radius 1 is 1.19 bits per heavy atom. The molecule has 1 aromatic heterocycles. The van der Waals surface area contributed by atoms with Crippen LogP contribution in [0.25, 0.3) is 0 Å². The molecule has 0 saturated heterocycles. The Kier molecular flexibility index (Phi) is 6.76. The molecule has 0 unspecified atom stereocenters. The fourth-order valence-corrected chi connectivity index (χ4v) is 5.30. The first-order valence-electron chi connectivity index (χ1n) is 8.16. The van der Waals surface area contributed by atoms with Crippen LogP contribution in [0.15, 0.2) is 46.0 Å². The summed E-state index contributed by atoms with van der Waals surface area (Å²) in [5, 5.41) is 4.61. The van der Waals surface area contributed by atoms with Crippen LogP contribution in [0, 0.1) is 0 Å². The van der Waals surface area contributed by atoms with Crippen LogP contribution in [0.2, 0.25) is 0 Å². The minimum atomic E-state index is -3.56. The molecule has 2 rings (SSSR count). The Morgan fingerprint density at radius 3 is 2.38 bits per heavy atom. The van der Waals surface area contributed by atoms with Gasteiger partial charge in [0.05, 0.1) is 5.69 Å². The summed E-state index contributed by atoms with van der Waals surface area (Å²) in [6.45, 7) is 7.01. The van der Waals surface area contributed by atoms with E-state index >= 15 is 0 Å². The largest absolute Gasteiger partial charge is 0.351 e. The van der Waals surface area contributed by atoms with E-state index in [0.717, 1.165) is 5.75 Å². The first-order valence-corrected chi connectivity index (χ1v) is 11.5. The number of thiophene rings is 1. The average molecular weight is 413 g/mol. The molecule has 8 heteroatoms. The molecule has 0 bridgehead atoms. The fourth-order valence-electron chi connectivity index (χ4n) is 2.13. The Balaban J connectivity index is 1.98. The third-order valence-electron chi connectivity index (χ3n) is 3.53. The van der Waals surface area contributed by atoms with Gasteiger partial charge in [-0.05, 0) is 35.7 Å². The van der Waals surface area contributed by atoms with Crippen molar-refractivity contribution in [1.82, 2.24) is 5.32 Å². The fraction of sp³-hybridized carbons (Fsp3) is 0.389. The lowest BCUT2D eigenvalue weighted by Crippen LogP contribution is -2.27. The van der Waals surface area contributed by atoms with Crippen LogP contribution in [0.4, 0.5) is 5.69 Å². The summed E-state index contributed by atoms with van der Waals surface area (Å²) in [5.41, 5.74) is 1.02. The van der Waals surface area contributed by atoms with Gasteiger partial charge in [-0.1, -0.05) is 26.8 Å². The molecule has 2 aromatic rings. The monoisotopic (exact) mass is 412 g/mol. The first kappa shape index (κ1) is 20.8. The summed E-state index contributed by atoms with van der Waals surface area (Å²) < 4.78 is 26.7. The van der Waals surface area contributed by atoms with Gasteiger partial charge in [0.25, 0.3) is 15.9 Å². The number of hydrogen-bond donors (Lipinski definition) is 1. The highest BCUT2D eigenvalue weighted by Gasteiger charge is 2.22. The van der Waals surface area contributed by atoms with Crippen LogP contribution in [-0.2, 0) is 10.0 Å². The number of carbonyl (C=O) groups excluding carboxylic acids is 1. The standard InChI is InChI=1S/C18H24N2O3S3/c1-18(2,3)25-13-11-19-17(21)14-7-9-15(10-8-14)20(4)26(22,23)16-6-5-12-24-16/h5-10,12H,11,13H2,1-4H3,(H,19,21). The second-order valence-electron chi connectivity index (χ2n) is 6.67. The molecule has 0 atom stereocenters. The van der Waals surface area contributed by atoms with Crippen molar-refractivity contribution in [3.8, 4) is 0 Å². The van der Waals surface area contributed by atoms with Gasteiger partial charge in [0.2, 0.25) is 0 Å². The van der Waals surface area contributed by atoms with Crippen molar-refractivity contribution < 1.29 is 13.2 Å². The molecule has 1 aromatic carbocycles. The summed E-state index contributed by atoms with van der Waals surface area (Å²) >= 11 is 2.97. The van der Waals surface area contributed by atoms with Crippen LogP contribution in [-0.4, -0.2) is 38.4 Å². The average Bonchev–Trinajstić information content (AvgIpc) is 3.12. The summed E-state index contributed by atoms with van der Waals surface area (Å²) in [6.07, 6.45) is 0. The van der Waals surface area contributed by atoms with E-state index in [1.54, 1.807) is 53.5 Å². The topological polar surface area (TPSA) is 66.5 Å². The van der Waals surface area contributed by atoms with Gasteiger partial charge >= 0.3 is 0 Å². The van der Waals surface area contributed by atoms with Gasteiger partial charge in [0, 0.05) is 29.7 Å². The van der Waals surface area contributed by atoms with Gasteiger partial charge in [0.15, 0.2) is 0 Å². The molecule has 142 valence electrons. The van der Waals surface area contributed by atoms with Crippen molar-refractivity contribution >= 4 is 44.7 Å². The van der Waals surface area contributed by atoms with Crippen LogP contribution >= 0.6 is 23.1 Å². The van der Waals surface area contributed by atoms with E-state index in [-0.39, 0.29) is 14.9 Å². The maximum atomic E-state index is 12.5. The zero-order chi connectivity index (χ0) is 19.4. The van der Waals surface area contributed by atoms with E-state index in [9.17, 15) is 13.2 Å². The van der Waals surface area contributed by atoms with E-state index in [1.165, 1.54) is 22.7 Å². The van der Waals surface area contributed by atoms with Crippen molar-refractivity contribution in [3.05, 3.63) is 47.3 Å². The zero-order valence-electron chi connectivity index (χ0n) is 15.4. The molecule has 0 aliphatic heterocycles. The molecule has 0 saturated carbocycles. The second kappa shape index (κ2) is 8.45. The van der Waals surface area contributed by atoms with Crippen molar-refractivity contribution in [1.29, 1.82) is 0 Å². The Bertz CT molecular complexity index is 824. The lowest BCUT2D eigenvalue weighted by Gasteiger charge is -2.19. The normalized spacial score (nSPS) is 12.0. The minimum absolute atomic E-state index is 0.158. The van der Waals surface area contributed by atoms with Gasteiger partial charge < -0.3 is 5.32 Å². The van der Waals surface area contributed by atoms with Crippen LogP contribution < -0.4 is 9.62 Å². The van der Waals surface area contributed by atoms with E-state index in [0.29, 0.717) is 17.8 Å². The van der Waals surface area contributed by atoms with E-state index < -0.39 is 10.0 Å². The number of benzene rings is 1. The summed E-state index contributed by atoms with van der Waals surface area (Å²) in [7, 11) is -2.06. The molecular weight excluding hydrogens is 388 g/mol. The molecule has 1 heterocycles. The quantitative estimate of drug-likeness (QED) is 0.702. The van der Waals surface area contributed by atoms with Gasteiger partial charge in [0.1, 0.15) is 4.21 Å². The van der Waals surface area contributed by atoms with Crippen molar-refractivity contribution in [2.45, 2.75) is 29.7 Å². The number of sulfonamides is 1. The molecule has 0 fully saturated rings. The highest BCUT2D eigenvalue weighted by Crippen LogP contribution is 2.25. The lowest BCUT2D eigenvalue weighted by molar-refractivity contribution is 0.0956. The second-order valence-corrected chi connectivity index (χ2v) is 11.7. The number of carbonyl (C=O) groups is 1.